The van der Waals surface area contributed by atoms with Crippen LogP contribution < -0.4 is 10.2 Å². The van der Waals surface area contributed by atoms with Gasteiger partial charge in [-0.1, -0.05) is 24.1 Å². The second kappa shape index (κ2) is 5.16. The zero-order valence-electron chi connectivity index (χ0n) is 12.4. The number of aryl methyl sites for hydroxylation is 2. The van der Waals surface area contributed by atoms with E-state index >= 15 is 0 Å². The molecule has 3 rings (SSSR count). The molecule has 3 unspecified atom stereocenters. The average Bonchev–Trinajstić information content (AvgIpc) is 2.94. The first-order valence-electron chi connectivity index (χ1n) is 7.67. The fraction of sp³-hybridized carbons (Fsp3) is 0.647. The van der Waals surface area contributed by atoms with E-state index in [0.29, 0.717) is 6.04 Å². The van der Waals surface area contributed by atoms with E-state index in [1.165, 1.54) is 42.6 Å². The third-order valence-corrected chi connectivity index (χ3v) is 5.11. The van der Waals surface area contributed by atoms with Crippen LogP contribution in [0.1, 0.15) is 30.4 Å². The van der Waals surface area contributed by atoms with E-state index in [0.717, 1.165) is 18.4 Å². The highest BCUT2D eigenvalue weighted by atomic mass is 15.1. The third-order valence-electron chi connectivity index (χ3n) is 5.11. The van der Waals surface area contributed by atoms with Gasteiger partial charge in [-0.3, -0.25) is 0 Å². The molecule has 1 saturated carbocycles. The average molecular weight is 258 g/mol. The van der Waals surface area contributed by atoms with Gasteiger partial charge >= 0.3 is 0 Å². The van der Waals surface area contributed by atoms with Crippen LogP contribution in [0.5, 0.6) is 0 Å². The molecular formula is C17H26N2. The summed E-state index contributed by atoms with van der Waals surface area (Å²) in [6.07, 6.45) is 4.32. The van der Waals surface area contributed by atoms with Crippen molar-refractivity contribution in [3.8, 4) is 0 Å². The Morgan fingerprint density at radius 1 is 1.26 bits per heavy atom. The number of rotatable bonds is 3. The van der Waals surface area contributed by atoms with Gasteiger partial charge in [-0.05, 0) is 56.7 Å². The molecule has 2 nitrogen and oxygen atoms in total. The van der Waals surface area contributed by atoms with E-state index in [2.05, 4.69) is 49.3 Å². The molecular weight excluding hydrogens is 232 g/mol. The van der Waals surface area contributed by atoms with Gasteiger partial charge in [0.1, 0.15) is 0 Å². The highest BCUT2D eigenvalue weighted by Crippen LogP contribution is 2.38. The predicted molar refractivity (Wildman–Crippen MR) is 81.8 cm³/mol. The Balaban J connectivity index is 1.69. The number of hydrogen-bond donors (Lipinski definition) is 1. The van der Waals surface area contributed by atoms with Crippen molar-refractivity contribution in [1.82, 2.24) is 5.32 Å². The molecule has 0 bridgehead atoms. The lowest BCUT2D eigenvalue weighted by Gasteiger charge is -2.28. The molecule has 0 amide bonds. The molecule has 2 fully saturated rings. The third kappa shape index (κ3) is 2.51. The maximum Gasteiger partial charge on any atom is 0.0394 e. The van der Waals surface area contributed by atoms with E-state index in [9.17, 15) is 0 Å². The van der Waals surface area contributed by atoms with Gasteiger partial charge in [0.2, 0.25) is 0 Å². The fourth-order valence-corrected chi connectivity index (χ4v) is 4.13. The van der Waals surface area contributed by atoms with Gasteiger partial charge < -0.3 is 10.2 Å². The first-order valence-corrected chi connectivity index (χ1v) is 7.67. The molecule has 104 valence electrons. The molecule has 1 saturated heterocycles. The highest BCUT2D eigenvalue weighted by molar-refractivity contribution is 5.54. The van der Waals surface area contributed by atoms with Crippen molar-refractivity contribution in [2.45, 2.75) is 39.2 Å². The SMILES string of the molecule is Cc1ccc(N(C)CC2NCC3CCCC32)c(C)c1. The van der Waals surface area contributed by atoms with Gasteiger partial charge in [0.25, 0.3) is 0 Å². The topological polar surface area (TPSA) is 15.3 Å². The number of hydrogen-bond acceptors (Lipinski definition) is 2. The van der Waals surface area contributed by atoms with Crippen molar-refractivity contribution in [3.05, 3.63) is 29.3 Å². The van der Waals surface area contributed by atoms with Crippen LogP contribution in [-0.2, 0) is 0 Å². The maximum atomic E-state index is 3.75. The highest BCUT2D eigenvalue weighted by Gasteiger charge is 2.39. The van der Waals surface area contributed by atoms with Gasteiger partial charge in [0.05, 0.1) is 0 Å². The van der Waals surface area contributed by atoms with Crippen LogP contribution >= 0.6 is 0 Å². The minimum Gasteiger partial charge on any atom is -0.373 e. The maximum absolute atomic E-state index is 3.75. The van der Waals surface area contributed by atoms with Crippen LogP contribution in [0, 0.1) is 25.7 Å². The van der Waals surface area contributed by atoms with Gasteiger partial charge in [-0.2, -0.15) is 0 Å². The quantitative estimate of drug-likeness (QED) is 0.896. The molecule has 0 radical (unpaired) electrons. The fourth-order valence-electron chi connectivity index (χ4n) is 4.13. The summed E-state index contributed by atoms with van der Waals surface area (Å²) in [4.78, 5) is 2.44. The summed E-state index contributed by atoms with van der Waals surface area (Å²) in [6, 6.07) is 7.47. The summed E-state index contributed by atoms with van der Waals surface area (Å²) in [7, 11) is 2.24. The van der Waals surface area contributed by atoms with Crippen molar-refractivity contribution in [2.75, 3.05) is 25.0 Å². The summed E-state index contributed by atoms with van der Waals surface area (Å²) >= 11 is 0. The molecule has 1 aromatic rings. The lowest BCUT2D eigenvalue weighted by atomic mass is 9.93. The lowest BCUT2D eigenvalue weighted by molar-refractivity contribution is 0.413. The smallest absolute Gasteiger partial charge is 0.0394 e. The zero-order chi connectivity index (χ0) is 13.4. The molecule has 0 spiro atoms. The molecule has 1 aliphatic heterocycles. The Kier molecular flexibility index (Phi) is 3.53. The lowest BCUT2D eigenvalue weighted by Crippen LogP contribution is -2.39. The van der Waals surface area contributed by atoms with Crippen LogP contribution in [0.3, 0.4) is 0 Å². The molecule has 2 aliphatic rings. The Morgan fingerprint density at radius 3 is 2.89 bits per heavy atom. The Morgan fingerprint density at radius 2 is 2.11 bits per heavy atom. The number of nitrogens with one attached hydrogen (secondary N) is 1. The van der Waals surface area contributed by atoms with Crippen molar-refractivity contribution in [3.63, 3.8) is 0 Å². The van der Waals surface area contributed by atoms with Crippen LogP contribution in [-0.4, -0.2) is 26.2 Å². The van der Waals surface area contributed by atoms with Gasteiger partial charge in [0.15, 0.2) is 0 Å². The number of likely N-dealkylation sites (N-methyl/N-ethyl adjacent to an activating group) is 1. The number of benzene rings is 1. The Labute approximate surface area is 117 Å². The van der Waals surface area contributed by atoms with Crippen molar-refractivity contribution < 1.29 is 0 Å². The van der Waals surface area contributed by atoms with E-state index in [1.54, 1.807) is 0 Å². The van der Waals surface area contributed by atoms with Crippen LogP contribution in [0.25, 0.3) is 0 Å². The summed E-state index contributed by atoms with van der Waals surface area (Å²) in [5.74, 6) is 1.88. The van der Waals surface area contributed by atoms with E-state index < -0.39 is 0 Å². The monoisotopic (exact) mass is 258 g/mol. The molecule has 1 aromatic carbocycles. The van der Waals surface area contributed by atoms with Crippen LogP contribution in [0.15, 0.2) is 18.2 Å². The minimum atomic E-state index is 0.693. The van der Waals surface area contributed by atoms with E-state index in [-0.39, 0.29) is 0 Å². The first kappa shape index (κ1) is 13.0. The summed E-state index contributed by atoms with van der Waals surface area (Å²) in [6.45, 7) is 6.78. The molecule has 1 N–H and O–H groups in total. The second-order valence-corrected chi connectivity index (χ2v) is 6.54. The molecule has 19 heavy (non-hydrogen) atoms. The first-order chi connectivity index (χ1) is 9.15. The second-order valence-electron chi connectivity index (χ2n) is 6.54. The van der Waals surface area contributed by atoms with E-state index in [4.69, 9.17) is 0 Å². The predicted octanol–water partition coefficient (Wildman–Crippen LogP) is 3.13. The summed E-state index contributed by atoms with van der Waals surface area (Å²) in [5.41, 5.74) is 4.13. The van der Waals surface area contributed by atoms with E-state index in [1.807, 2.05) is 0 Å². The summed E-state index contributed by atoms with van der Waals surface area (Å²) in [5, 5.41) is 3.75. The molecule has 1 aliphatic carbocycles. The molecule has 1 heterocycles. The Hall–Kier alpha value is -1.02. The standard InChI is InChI=1S/C17H26N2/c1-12-7-8-17(13(2)9-12)19(3)11-16-15-6-4-5-14(15)10-18-16/h7-9,14-16,18H,4-6,10-11H2,1-3H3. The van der Waals surface area contributed by atoms with Crippen LogP contribution in [0.4, 0.5) is 5.69 Å². The molecule has 0 aromatic heterocycles. The number of fused-ring (bicyclic) bond motifs is 1. The zero-order valence-corrected chi connectivity index (χ0v) is 12.4. The molecule has 3 atom stereocenters. The van der Waals surface area contributed by atoms with Gasteiger partial charge in [0, 0.05) is 25.3 Å². The van der Waals surface area contributed by atoms with Crippen molar-refractivity contribution in [2.24, 2.45) is 11.8 Å². The molecule has 2 heteroatoms. The van der Waals surface area contributed by atoms with Gasteiger partial charge in [-0.25, -0.2) is 0 Å². The summed E-state index contributed by atoms with van der Waals surface area (Å²) < 4.78 is 0. The normalized spacial score (nSPS) is 29.5. The number of nitrogens with zero attached hydrogens (tertiary/aromatic N) is 1. The Bertz CT molecular complexity index is 455. The van der Waals surface area contributed by atoms with Crippen molar-refractivity contribution >= 4 is 5.69 Å². The van der Waals surface area contributed by atoms with Crippen LogP contribution in [0.2, 0.25) is 0 Å². The minimum absolute atomic E-state index is 0.693. The van der Waals surface area contributed by atoms with Crippen molar-refractivity contribution in [1.29, 1.82) is 0 Å². The van der Waals surface area contributed by atoms with Gasteiger partial charge in [-0.15, -0.1) is 0 Å². The largest absolute Gasteiger partial charge is 0.373 e. The number of anilines is 1.